The van der Waals surface area contributed by atoms with Gasteiger partial charge < -0.3 is 19.9 Å². The Bertz CT molecular complexity index is 510. The highest BCUT2D eigenvalue weighted by atomic mass is 16.5. The van der Waals surface area contributed by atoms with Crippen LogP contribution in [0.2, 0.25) is 0 Å². The Kier molecular flexibility index (Phi) is 7.89. The van der Waals surface area contributed by atoms with Crippen molar-refractivity contribution >= 4 is 5.96 Å². The van der Waals surface area contributed by atoms with E-state index >= 15 is 0 Å². The molecule has 0 atom stereocenters. The maximum Gasteiger partial charge on any atom is 0.193 e. The van der Waals surface area contributed by atoms with Gasteiger partial charge in [0.15, 0.2) is 5.96 Å². The van der Waals surface area contributed by atoms with E-state index in [0.29, 0.717) is 0 Å². The van der Waals surface area contributed by atoms with Gasteiger partial charge in [-0.2, -0.15) is 0 Å². The van der Waals surface area contributed by atoms with Gasteiger partial charge >= 0.3 is 0 Å². The third-order valence-corrected chi connectivity index (χ3v) is 4.58. The van der Waals surface area contributed by atoms with Crippen LogP contribution in [-0.4, -0.2) is 63.1 Å². The number of rotatable bonds is 6. The summed E-state index contributed by atoms with van der Waals surface area (Å²) < 4.78 is 5.44. The largest absolute Gasteiger partial charge is 0.496 e. The first-order valence-corrected chi connectivity index (χ1v) is 9.00. The molecule has 1 heterocycles. The lowest BCUT2D eigenvalue weighted by molar-refractivity contribution is 0.287. The molecule has 134 valence electrons. The number of nitrogens with one attached hydrogen (secondary N) is 1. The van der Waals surface area contributed by atoms with Crippen LogP contribution in [0.15, 0.2) is 29.3 Å². The zero-order chi connectivity index (χ0) is 17.2. The van der Waals surface area contributed by atoms with Crippen molar-refractivity contribution < 1.29 is 4.74 Å². The summed E-state index contributed by atoms with van der Waals surface area (Å²) >= 11 is 0. The average Bonchev–Trinajstić information content (AvgIpc) is 2.88. The number of aliphatic imine (C=N–C) groups is 1. The van der Waals surface area contributed by atoms with Crippen molar-refractivity contribution in [3.8, 4) is 5.75 Å². The molecule has 0 aliphatic carbocycles. The highest BCUT2D eigenvalue weighted by Gasteiger charge is 2.11. The molecule has 1 aromatic carbocycles. The molecule has 0 amide bonds. The van der Waals surface area contributed by atoms with Gasteiger partial charge in [-0.05, 0) is 32.0 Å². The SMILES string of the molecule is CN=C(NCCN1CCCCCC1)N(C)Cc1ccccc1OC. The van der Waals surface area contributed by atoms with Crippen LogP contribution in [0.5, 0.6) is 5.75 Å². The van der Waals surface area contributed by atoms with Crippen LogP contribution in [0, 0.1) is 0 Å². The molecular formula is C19H32N4O. The molecule has 5 heteroatoms. The van der Waals surface area contributed by atoms with Crippen molar-refractivity contribution in [1.29, 1.82) is 0 Å². The van der Waals surface area contributed by atoms with E-state index in [1.165, 1.54) is 38.8 Å². The fourth-order valence-corrected chi connectivity index (χ4v) is 3.23. The number of likely N-dealkylation sites (tertiary alicyclic amines) is 1. The van der Waals surface area contributed by atoms with E-state index in [0.717, 1.165) is 36.9 Å². The summed E-state index contributed by atoms with van der Waals surface area (Å²) in [5.74, 6) is 1.85. The molecule has 1 aliphatic rings. The topological polar surface area (TPSA) is 40.1 Å². The first-order valence-electron chi connectivity index (χ1n) is 9.00. The fraction of sp³-hybridized carbons (Fsp3) is 0.632. The van der Waals surface area contributed by atoms with Crippen LogP contribution in [0.3, 0.4) is 0 Å². The predicted octanol–water partition coefficient (Wildman–Crippen LogP) is 2.58. The Labute approximate surface area is 146 Å². The molecule has 1 N–H and O–H groups in total. The minimum atomic E-state index is 0.771. The van der Waals surface area contributed by atoms with E-state index in [1.54, 1.807) is 7.11 Å². The lowest BCUT2D eigenvalue weighted by Gasteiger charge is -2.25. The average molecular weight is 332 g/mol. The first-order chi connectivity index (χ1) is 11.7. The molecule has 0 saturated carbocycles. The molecule has 0 aromatic heterocycles. The summed E-state index contributed by atoms with van der Waals surface area (Å²) in [4.78, 5) is 9.12. The van der Waals surface area contributed by atoms with Crippen molar-refractivity contribution in [1.82, 2.24) is 15.1 Å². The van der Waals surface area contributed by atoms with Crippen molar-refractivity contribution in [3.05, 3.63) is 29.8 Å². The minimum absolute atomic E-state index is 0.771. The zero-order valence-electron chi connectivity index (χ0n) is 15.4. The summed E-state index contributed by atoms with van der Waals surface area (Å²) in [5.41, 5.74) is 1.16. The zero-order valence-corrected chi connectivity index (χ0v) is 15.4. The number of nitrogens with zero attached hydrogens (tertiary/aromatic N) is 3. The van der Waals surface area contributed by atoms with Crippen LogP contribution in [-0.2, 0) is 6.54 Å². The molecule has 0 spiro atoms. The summed E-state index contributed by atoms with van der Waals surface area (Å²) in [6, 6.07) is 8.14. The third kappa shape index (κ3) is 5.71. The van der Waals surface area contributed by atoms with Crippen molar-refractivity contribution in [2.75, 3.05) is 47.4 Å². The molecule has 1 saturated heterocycles. The molecule has 24 heavy (non-hydrogen) atoms. The summed E-state index contributed by atoms with van der Waals surface area (Å²) in [7, 11) is 5.62. The summed E-state index contributed by atoms with van der Waals surface area (Å²) in [6.07, 6.45) is 5.44. The van der Waals surface area contributed by atoms with Crippen LogP contribution in [0.4, 0.5) is 0 Å². The quantitative estimate of drug-likeness (QED) is 0.642. The molecule has 0 bridgehead atoms. The van der Waals surface area contributed by atoms with Gasteiger partial charge in [0, 0.05) is 39.3 Å². The van der Waals surface area contributed by atoms with Crippen molar-refractivity contribution in [2.45, 2.75) is 32.2 Å². The van der Waals surface area contributed by atoms with Gasteiger partial charge in [-0.25, -0.2) is 0 Å². The lowest BCUT2D eigenvalue weighted by Crippen LogP contribution is -2.42. The van der Waals surface area contributed by atoms with Gasteiger partial charge in [-0.15, -0.1) is 0 Å². The lowest BCUT2D eigenvalue weighted by atomic mass is 10.2. The third-order valence-electron chi connectivity index (χ3n) is 4.58. The molecule has 1 aliphatic heterocycles. The Morgan fingerprint density at radius 2 is 1.92 bits per heavy atom. The standard InChI is InChI=1S/C19H32N4O/c1-20-19(21-12-15-23-13-8-4-5-9-14-23)22(2)16-17-10-6-7-11-18(17)24-3/h6-7,10-11H,4-5,8-9,12-16H2,1-3H3,(H,20,21). The second-order valence-electron chi connectivity index (χ2n) is 6.40. The smallest absolute Gasteiger partial charge is 0.193 e. The van der Waals surface area contributed by atoms with Crippen LogP contribution < -0.4 is 10.1 Å². The highest BCUT2D eigenvalue weighted by molar-refractivity contribution is 5.79. The van der Waals surface area contributed by atoms with Crippen molar-refractivity contribution in [3.63, 3.8) is 0 Å². The van der Waals surface area contributed by atoms with Crippen LogP contribution in [0.25, 0.3) is 0 Å². The second kappa shape index (κ2) is 10.2. The molecule has 0 radical (unpaired) electrons. The summed E-state index contributed by atoms with van der Waals surface area (Å²) in [5, 5.41) is 3.49. The van der Waals surface area contributed by atoms with E-state index in [-0.39, 0.29) is 0 Å². The molecule has 1 aromatic rings. The number of methoxy groups -OCH3 is 1. The maximum absolute atomic E-state index is 5.44. The van der Waals surface area contributed by atoms with E-state index in [1.807, 2.05) is 25.2 Å². The molecule has 0 unspecified atom stereocenters. The minimum Gasteiger partial charge on any atom is -0.496 e. The van der Waals surface area contributed by atoms with Crippen LogP contribution >= 0.6 is 0 Å². The van der Waals surface area contributed by atoms with Gasteiger partial charge in [-0.1, -0.05) is 31.0 Å². The normalized spacial score (nSPS) is 16.5. The van der Waals surface area contributed by atoms with Crippen molar-refractivity contribution in [2.24, 2.45) is 4.99 Å². The van der Waals surface area contributed by atoms with E-state index in [2.05, 4.69) is 33.2 Å². The van der Waals surface area contributed by atoms with Gasteiger partial charge in [0.05, 0.1) is 7.11 Å². The predicted molar refractivity (Wildman–Crippen MR) is 101 cm³/mol. The first kappa shape index (κ1) is 18.6. The van der Waals surface area contributed by atoms with Gasteiger partial charge in [-0.3, -0.25) is 4.99 Å². The van der Waals surface area contributed by atoms with Gasteiger partial charge in [0.1, 0.15) is 5.75 Å². The number of hydrogen-bond acceptors (Lipinski definition) is 3. The Hall–Kier alpha value is -1.75. The molecule has 1 fully saturated rings. The Balaban J connectivity index is 1.81. The highest BCUT2D eigenvalue weighted by Crippen LogP contribution is 2.18. The summed E-state index contributed by atoms with van der Waals surface area (Å²) in [6.45, 7) is 5.26. The van der Waals surface area contributed by atoms with Gasteiger partial charge in [0.25, 0.3) is 0 Å². The Morgan fingerprint density at radius 3 is 2.58 bits per heavy atom. The second-order valence-corrected chi connectivity index (χ2v) is 6.40. The molecule has 5 nitrogen and oxygen atoms in total. The van der Waals surface area contributed by atoms with Crippen LogP contribution in [0.1, 0.15) is 31.2 Å². The van der Waals surface area contributed by atoms with E-state index < -0.39 is 0 Å². The van der Waals surface area contributed by atoms with E-state index in [9.17, 15) is 0 Å². The molecular weight excluding hydrogens is 300 g/mol. The van der Waals surface area contributed by atoms with E-state index in [4.69, 9.17) is 4.74 Å². The number of guanidine groups is 1. The number of benzene rings is 1. The number of para-hydroxylation sites is 1. The maximum atomic E-state index is 5.44. The number of hydrogen-bond donors (Lipinski definition) is 1. The Morgan fingerprint density at radius 1 is 1.21 bits per heavy atom. The fourth-order valence-electron chi connectivity index (χ4n) is 3.23. The number of ether oxygens (including phenoxy) is 1. The molecule has 2 rings (SSSR count). The van der Waals surface area contributed by atoms with Gasteiger partial charge in [0.2, 0.25) is 0 Å². The monoisotopic (exact) mass is 332 g/mol.